The van der Waals surface area contributed by atoms with Gasteiger partial charge in [0.05, 0.1) is 17.4 Å². The Hall–Kier alpha value is -2.76. The Bertz CT molecular complexity index is 843. The molecule has 4 nitrogen and oxygen atoms in total. The van der Waals surface area contributed by atoms with Gasteiger partial charge in [-0.05, 0) is 29.8 Å². The van der Waals surface area contributed by atoms with Crippen LogP contribution in [0.2, 0.25) is 0 Å². The summed E-state index contributed by atoms with van der Waals surface area (Å²) in [6, 6.07) is 8.48. The minimum absolute atomic E-state index is 0.108. The monoisotopic (exact) mass is 288 g/mol. The highest BCUT2D eigenvalue weighted by atomic mass is 19.2. The van der Waals surface area contributed by atoms with E-state index in [0.717, 1.165) is 12.1 Å². The number of para-hydroxylation sites is 1. The molecular formula is C15H10F2N2O2. The molecule has 0 bridgehead atoms. The smallest absolute Gasteiger partial charge is 0.337 e. The van der Waals surface area contributed by atoms with E-state index in [9.17, 15) is 13.6 Å². The molecule has 21 heavy (non-hydrogen) atoms. The van der Waals surface area contributed by atoms with Crippen LogP contribution in [0, 0.1) is 11.6 Å². The summed E-state index contributed by atoms with van der Waals surface area (Å²) in [6.07, 6.45) is 1.48. The maximum atomic E-state index is 13.2. The molecule has 3 rings (SSSR count). The van der Waals surface area contributed by atoms with Crippen molar-refractivity contribution < 1.29 is 18.7 Å². The molecule has 0 saturated carbocycles. The summed E-state index contributed by atoms with van der Waals surface area (Å²) in [5.74, 6) is -2.87. The van der Waals surface area contributed by atoms with Crippen LogP contribution < -0.4 is 0 Å². The highest BCUT2D eigenvalue weighted by Crippen LogP contribution is 2.19. The number of aromatic nitrogens is 2. The van der Waals surface area contributed by atoms with Gasteiger partial charge in [-0.25, -0.2) is 18.6 Å². The van der Waals surface area contributed by atoms with Gasteiger partial charge >= 0.3 is 5.97 Å². The van der Waals surface area contributed by atoms with E-state index in [1.165, 1.54) is 18.5 Å². The predicted molar refractivity (Wildman–Crippen MR) is 72.2 cm³/mol. The molecule has 3 aromatic rings. The lowest BCUT2D eigenvalue weighted by atomic mass is 10.1. The highest BCUT2D eigenvalue weighted by molar-refractivity contribution is 6.00. The third-order valence-corrected chi connectivity index (χ3v) is 3.22. The average Bonchev–Trinajstić information content (AvgIpc) is 2.86. The molecule has 0 unspecified atom stereocenters. The molecule has 1 heterocycles. The quantitative estimate of drug-likeness (QED) is 0.806. The van der Waals surface area contributed by atoms with Gasteiger partial charge in [-0.15, -0.1) is 0 Å². The predicted octanol–water partition coefficient (Wildman–Crippen LogP) is 3.06. The molecule has 0 aliphatic carbocycles. The number of carbonyl (C=O) groups is 1. The number of rotatable bonds is 3. The summed E-state index contributed by atoms with van der Waals surface area (Å²) in [5.41, 5.74) is 1.66. The molecule has 0 aliphatic rings. The van der Waals surface area contributed by atoms with Gasteiger partial charge in [-0.2, -0.15) is 0 Å². The minimum atomic E-state index is -1.06. The SMILES string of the molecule is O=C(O)c1cccc2c1ncn2Cc1ccc(F)c(F)c1. The molecule has 2 aromatic carbocycles. The van der Waals surface area contributed by atoms with E-state index >= 15 is 0 Å². The molecule has 0 atom stereocenters. The number of fused-ring (bicyclic) bond motifs is 1. The standard InChI is InChI=1S/C15H10F2N2O2/c16-11-5-4-9(6-12(11)17)7-19-8-18-14-10(15(20)21)2-1-3-13(14)19/h1-6,8H,7H2,(H,20,21). The minimum Gasteiger partial charge on any atom is -0.478 e. The van der Waals surface area contributed by atoms with Crippen molar-refractivity contribution in [3.8, 4) is 0 Å². The number of benzene rings is 2. The van der Waals surface area contributed by atoms with Crippen LogP contribution in [0.3, 0.4) is 0 Å². The Balaban J connectivity index is 2.03. The van der Waals surface area contributed by atoms with Gasteiger partial charge in [0, 0.05) is 6.54 Å². The second-order valence-electron chi connectivity index (χ2n) is 4.60. The Kier molecular flexibility index (Phi) is 3.13. The second-order valence-corrected chi connectivity index (χ2v) is 4.60. The molecule has 0 fully saturated rings. The fraction of sp³-hybridized carbons (Fsp3) is 0.0667. The maximum absolute atomic E-state index is 13.2. The van der Waals surface area contributed by atoms with Crippen molar-refractivity contribution in [1.82, 2.24) is 9.55 Å². The lowest BCUT2D eigenvalue weighted by Gasteiger charge is -2.05. The zero-order chi connectivity index (χ0) is 15.0. The fourth-order valence-electron chi connectivity index (χ4n) is 2.22. The van der Waals surface area contributed by atoms with Gasteiger partial charge in [0.1, 0.15) is 5.52 Å². The molecule has 0 amide bonds. The van der Waals surface area contributed by atoms with Crippen LogP contribution in [0.15, 0.2) is 42.7 Å². The van der Waals surface area contributed by atoms with Crippen molar-refractivity contribution in [1.29, 1.82) is 0 Å². The average molecular weight is 288 g/mol. The van der Waals surface area contributed by atoms with Crippen molar-refractivity contribution in [2.45, 2.75) is 6.54 Å². The zero-order valence-corrected chi connectivity index (χ0v) is 10.8. The van der Waals surface area contributed by atoms with Gasteiger partial charge < -0.3 is 9.67 Å². The van der Waals surface area contributed by atoms with Crippen LogP contribution in [-0.2, 0) is 6.54 Å². The van der Waals surface area contributed by atoms with E-state index in [1.807, 2.05) is 0 Å². The van der Waals surface area contributed by atoms with Crippen molar-refractivity contribution >= 4 is 17.0 Å². The molecule has 0 saturated heterocycles. The number of hydrogen-bond acceptors (Lipinski definition) is 2. The topological polar surface area (TPSA) is 55.1 Å². The normalized spacial score (nSPS) is 11.0. The van der Waals surface area contributed by atoms with E-state index < -0.39 is 17.6 Å². The first-order valence-corrected chi connectivity index (χ1v) is 6.17. The van der Waals surface area contributed by atoms with E-state index in [4.69, 9.17) is 5.11 Å². The summed E-state index contributed by atoms with van der Waals surface area (Å²) in [5, 5.41) is 9.11. The summed E-state index contributed by atoms with van der Waals surface area (Å²) < 4.78 is 27.8. The molecule has 0 radical (unpaired) electrons. The van der Waals surface area contributed by atoms with Crippen LogP contribution in [0.5, 0.6) is 0 Å². The third kappa shape index (κ3) is 2.35. The summed E-state index contributed by atoms with van der Waals surface area (Å²) in [4.78, 5) is 15.2. The first-order valence-electron chi connectivity index (χ1n) is 6.17. The number of imidazole rings is 1. The van der Waals surface area contributed by atoms with E-state index in [-0.39, 0.29) is 12.1 Å². The first-order chi connectivity index (χ1) is 10.1. The Morgan fingerprint density at radius 1 is 1.19 bits per heavy atom. The lowest BCUT2D eigenvalue weighted by molar-refractivity contribution is 0.0699. The second kappa shape index (κ2) is 4.97. The van der Waals surface area contributed by atoms with Crippen LogP contribution in [-0.4, -0.2) is 20.6 Å². The van der Waals surface area contributed by atoms with Gasteiger partial charge in [-0.3, -0.25) is 0 Å². The lowest BCUT2D eigenvalue weighted by Crippen LogP contribution is -2.00. The fourth-order valence-corrected chi connectivity index (χ4v) is 2.22. The number of halogens is 2. The highest BCUT2D eigenvalue weighted by Gasteiger charge is 2.12. The number of aromatic carboxylic acids is 1. The number of carboxylic acids is 1. The number of carboxylic acid groups (broad SMARTS) is 1. The van der Waals surface area contributed by atoms with E-state index in [2.05, 4.69) is 4.98 Å². The summed E-state index contributed by atoms with van der Waals surface area (Å²) in [7, 11) is 0. The van der Waals surface area contributed by atoms with Gasteiger partial charge in [0.15, 0.2) is 11.6 Å². The molecule has 1 N–H and O–H groups in total. The molecule has 0 aliphatic heterocycles. The van der Waals surface area contributed by atoms with Crippen LogP contribution in [0.4, 0.5) is 8.78 Å². The van der Waals surface area contributed by atoms with Crippen molar-refractivity contribution in [2.75, 3.05) is 0 Å². The first kappa shape index (κ1) is 13.2. The molecular weight excluding hydrogens is 278 g/mol. The van der Waals surface area contributed by atoms with Crippen LogP contribution >= 0.6 is 0 Å². The van der Waals surface area contributed by atoms with Gasteiger partial charge in [0.2, 0.25) is 0 Å². The van der Waals surface area contributed by atoms with Gasteiger partial charge in [-0.1, -0.05) is 12.1 Å². The number of nitrogens with zero attached hydrogens (tertiary/aromatic N) is 2. The van der Waals surface area contributed by atoms with Crippen molar-refractivity contribution in [2.24, 2.45) is 0 Å². The van der Waals surface area contributed by atoms with Crippen molar-refractivity contribution in [3.05, 3.63) is 65.5 Å². The van der Waals surface area contributed by atoms with E-state index in [1.54, 1.807) is 16.7 Å². The Labute approximate surface area is 118 Å². The molecule has 1 aromatic heterocycles. The zero-order valence-electron chi connectivity index (χ0n) is 10.8. The number of hydrogen-bond donors (Lipinski definition) is 1. The Morgan fingerprint density at radius 2 is 2.00 bits per heavy atom. The summed E-state index contributed by atoms with van der Waals surface area (Å²) >= 11 is 0. The Morgan fingerprint density at radius 3 is 2.71 bits per heavy atom. The molecule has 0 spiro atoms. The van der Waals surface area contributed by atoms with E-state index in [0.29, 0.717) is 16.6 Å². The van der Waals surface area contributed by atoms with Crippen LogP contribution in [0.25, 0.3) is 11.0 Å². The van der Waals surface area contributed by atoms with Crippen molar-refractivity contribution in [3.63, 3.8) is 0 Å². The largest absolute Gasteiger partial charge is 0.478 e. The van der Waals surface area contributed by atoms with Gasteiger partial charge in [0.25, 0.3) is 0 Å². The van der Waals surface area contributed by atoms with Crippen LogP contribution in [0.1, 0.15) is 15.9 Å². The third-order valence-electron chi connectivity index (χ3n) is 3.22. The maximum Gasteiger partial charge on any atom is 0.337 e. The molecule has 106 valence electrons. The summed E-state index contributed by atoms with van der Waals surface area (Å²) in [6.45, 7) is 0.275. The molecule has 6 heteroatoms.